The molecule has 2 heterocycles. The van der Waals surface area contributed by atoms with Crippen LogP contribution in [-0.4, -0.2) is 37.3 Å². The van der Waals surface area contributed by atoms with Gasteiger partial charge in [-0.25, -0.2) is 4.98 Å². The fraction of sp³-hybridized carbons (Fsp3) is 0.706. The quantitative estimate of drug-likeness (QED) is 0.905. The lowest BCUT2D eigenvalue weighted by Gasteiger charge is -2.22. The minimum atomic E-state index is 0.132. The summed E-state index contributed by atoms with van der Waals surface area (Å²) in [5.74, 6) is 1.74. The molecule has 118 valence electrons. The molecular formula is C17H29N3O. The van der Waals surface area contributed by atoms with Gasteiger partial charge in [0.25, 0.3) is 0 Å². The van der Waals surface area contributed by atoms with E-state index < -0.39 is 0 Å². The van der Waals surface area contributed by atoms with Crippen molar-refractivity contribution in [2.24, 2.45) is 5.92 Å². The number of rotatable bonds is 5. The highest BCUT2D eigenvalue weighted by molar-refractivity contribution is 5.42. The average molecular weight is 291 g/mol. The number of nitrogens with one attached hydrogen (secondary N) is 1. The van der Waals surface area contributed by atoms with Crippen LogP contribution in [0, 0.1) is 12.8 Å². The molecule has 4 heteroatoms. The third-order valence-electron chi connectivity index (χ3n) is 4.00. The van der Waals surface area contributed by atoms with Crippen LogP contribution in [0.2, 0.25) is 0 Å². The van der Waals surface area contributed by atoms with Gasteiger partial charge >= 0.3 is 0 Å². The van der Waals surface area contributed by atoms with Crippen molar-refractivity contribution in [3.05, 3.63) is 23.4 Å². The fourth-order valence-corrected chi connectivity index (χ4v) is 2.71. The summed E-state index contributed by atoms with van der Waals surface area (Å²) >= 11 is 0. The first-order valence-electron chi connectivity index (χ1n) is 7.84. The zero-order chi connectivity index (χ0) is 15.5. The highest BCUT2D eigenvalue weighted by atomic mass is 16.5. The molecule has 0 aliphatic carbocycles. The number of ether oxygens (including phenoxy) is 1. The molecule has 1 N–H and O–H groups in total. The Bertz CT molecular complexity index is 468. The van der Waals surface area contributed by atoms with E-state index in [0.717, 1.165) is 37.8 Å². The van der Waals surface area contributed by atoms with E-state index in [2.05, 4.69) is 50.0 Å². The predicted molar refractivity (Wildman–Crippen MR) is 87.8 cm³/mol. The summed E-state index contributed by atoms with van der Waals surface area (Å²) in [6.07, 6.45) is 1.20. The van der Waals surface area contributed by atoms with Gasteiger partial charge in [-0.3, -0.25) is 0 Å². The first-order valence-corrected chi connectivity index (χ1v) is 7.84. The number of hydrogen-bond donors (Lipinski definition) is 1. The number of pyridine rings is 1. The second kappa shape index (κ2) is 6.75. The Morgan fingerprint density at radius 3 is 2.76 bits per heavy atom. The van der Waals surface area contributed by atoms with Gasteiger partial charge in [-0.1, -0.05) is 6.07 Å². The molecule has 21 heavy (non-hydrogen) atoms. The van der Waals surface area contributed by atoms with Crippen LogP contribution in [0.15, 0.2) is 12.1 Å². The summed E-state index contributed by atoms with van der Waals surface area (Å²) in [5.41, 5.74) is 2.54. The summed E-state index contributed by atoms with van der Waals surface area (Å²) in [6.45, 7) is 12.5. The molecule has 1 saturated heterocycles. The fourth-order valence-electron chi connectivity index (χ4n) is 2.71. The van der Waals surface area contributed by atoms with Gasteiger partial charge in [0, 0.05) is 43.9 Å². The first-order chi connectivity index (χ1) is 9.89. The SMILES string of the molecule is COCC1CCN(c2ccc(CNC(C)(C)C)c(C)n2)C1. The maximum absolute atomic E-state index is 5.26. The normalized spacial score (nSPS) is 19.3. The van der Waals surface area contributed by atoms with Crippen LogP contribution in [0.1, 0.15) is 38.4 Å². The molecule has 1 aromatic rings. The highest BCUT2D eigenvalue weighted by Gasteiger charge is 2.23. The second-order valence-electron chi connectivity index (χ2n) is 7.07. The molecule has 1 aliphatic rings. The van der Waals surface area contributed by atoms with Gasteiger partial charge in [0.05, 0.1) is 6.61 Å². The highest BCUT2D eigenvalue weighted by Crippen LogP contribution is 2.23. The van der Waals surface area contributed by atoms with Gasteiger partial charge in [0.15, 0.2) is 0 Å². The number of anilines is 1. The van der Waals surface area contributed by atoms with Crippen LogP contribution in [0.25, 0.3) is 0 Å². The van der Waals surface area contributed by atoms with E-state index in [1.165, 1.54) is 12.0 Å². The van der Waals surface area contributed by atoms with Crippen LogP contribution in [0.4, 0.5) is 5.82 Å². The average Bonchev–Trinajstić information content (AvgIpc) is 2.85. The monoisotopic (exact) mass is 291 g/mol. The summed E-state index contributed by atoms with van der Waals surface area (Å²) in [7, 11) is 1.78. The van der Waals surface area contributed by atoms with Gasteiger partial charge in [0.2, 0.25) is 0 Å². The van der Waals surface area contributed by atoms with Gasteiger partial charge < -0.3 is 15.0 Å². The molecule has 1 aromatic heterocycles. The standard InChI is InChI=1S/C17H29N3O/c1-13-15(10-18-17(2,3)4)6-7-16(19-13)20-9-8-14(11-20)12-21-5/h6-7,14,18H,8-12H2,1-5H3. The van der Waals surface area contributed by atoms with Crippen LogP contribution >= 0.6 is 0 Å². The Labute approximate surface area is 128 Å². The third kappa shape index (κ3) is 4.68. The van der Waals surface area contributed by atoms with Crippen molar-refractivity contribution in [1.29, 1.82) is 0 Å². The van der Waals surface area contributed by atoms with Crippen LogP contribution in [-0.2, 0) is 11.3 Å². The van der Waals surface area contributed by atoms with Crippen molar-refractivity contribution in [3.63, 3.8) is 0 Å². The van der Waals surface area contributed by atoms with E-state index in [4.69, 9.17) is 9.72 Å². The van der Waals surface area contributed by atoms with E-state index in [1.807, 2.05) is 0 Å². The van der Waals surface area contributed by atoms with E-state index in [9.17, 15) is 0 Å². The molecule has 1 unspecified atom stereocenters. The lowest BCUT2D eigenvalue weighted by Crippen LogP contribution is -2.35. The van der Waals surface area contributed by atoms with Gasteiger partial charge in [-0.05, 0) is 45.7 Å². The van der Waals surface area contributed by atoms with Crippen molar-refractivity contribution in [1.82, 2.24) is 10.3 Å². The topological polar surface area (TPSA) is 37.4 Å². The zero-order valence-corrected chi connectivity index (χ0v) is 14.1. The minimum Gasteiger partial charge on any atom is -0.384 e. The second-order valence-corrected chi connectivity index (χ2v) is 7.07. The summed E-state index contributed by atoms with van der Waals surface area (Å²) in [5, 5.41) is 3.52. The summed E-state index contributed by atoms with van der Waals surface area (Å²) in [6, 6.07) is 4.36. The zero-order valence-electron chi connectivity index (χ0n) is 14.1. The van der Waals surface area contributed by atoms with Crippen molar-refractivity contribution in [3.8, 4) is 0 Å². The molecule has 1 aliphatic heterocycles. The summed E-state index contributed by atoms with van der Waals surface area (Å²) in [4.78, 5) is 7.17. The van der Waals surface area contributed by atoms with Crippen LogP contribution in [0.3, 0.4) is 0 Å². The number of aromatic nitrogens is 1. The predicted octanol–water partition coefficient (Wildman–Crippen LogP) is 2.75. The van der Waals surface area contributed by atoms with Gasteiger partial charge in [0.1, 0.15) is 5.82 Å². The lowest BCUT2D eigenvalue weighted by molar-refractivity contribution is 0.161. The number of hydrogen-bond acceptors (Lipinski definition) is 4. The van der Waals surface area contributed by atoms with Crippen LogP contribution < -0.4 is 10.2 Å². The van der Waals surface area contributed by atoms with Crippen molar-refractivity contribution < 1.29 is 4.74 Å². The van der Waals surface area contributed by atoms with Crippen molar-refractivity contribution in [2.75, 3.05) is 31.7 Å². The Kier molecular flexibility index (Phi) is 5.22. The molecule has 0 saturated carbocycles. The molecule has 1 atom stereocenters. The smallest absolute Gasteiger partial charge is 0.128 e. The molecular weight excluding hydrogens is 262 g/mol. The molecule has 0 bridgehead atoms. The van der Waals surface area contributed by atoms with E-state index >= 15 is 0 Å². The largest absolute Gasteiger partial charge is 0.384 e. The maximum atomic E-state index is 5.26. The van der Waals surface area contributed by atoms with Gasteiger partial charge in [-0.15, -0.1) is 0 Å². The van der Waals surface area contributed by atoms with Gasteiger partial charge in [-0.2, -0.15) is 0 Å². The van der Waals surface area contributed by atoms with Crippen molar-refractivity contribution in [2.45, 2.75) is 46.2 Å². The number of methoxy groups -OCH3 is 1. The van der Waals surface area contributed by atoms with Crippen LogP contribution in [0.5, 0.6) is 0 Å². The Balaban J connectivity index is 1.99. The molecule has 4 nitrogen and oxygen atoms in total. The number of aryl methyl sites for hydroxylation is 1. The third-order valence-corrected chi connectivity index (χ3v) is 4.00. The molecule has 0 amide bonds. The van der Waals surface area contributed by atoms with E-state index in [-0.39, 0.29) is 5.54 Å². The minimum absolute atomic E-state index is 0.132. The molecule has 2 rings (SSSR count). The number of nitrogens with zero attached hydrogens (tertiary/aromatic N) is 2. The molecule has 0 radical (unpaired) electrons. The van der Waals surface area contributed by atoms with Crippen molar-refractivity contribution >= 4 is 5.82 Å². The lowest BCUT2D eigenvalue weighted by atomic mass is 10.1. The molecule has 0 spiro atoms. The van der Waals surface area contributed by atoms with E-state index in [1.54, 1.807) is 7.11 Å². The Morgan fingerprint density at radius 2 is 2.14 bits per heavy atom. The first kappa shape index (κ1) is 16.2. The molecule has 0 aromatic carbocycles. The Hall–Kier alpha value is -1.13. The summed E-state index contributed by atoms with van der Waals surface area (Å²) < 4.78 is 5.26. The Morgan fingerprint density at radius 1 is 1.38 bits per heavy atom. The maximum Gasteiger partial charge on any atom is 0.128 e. The van der Waals surface area contributed by atoms with E-state index in [0.29, 0.717) is 5.92 Å². The molecule has 1 fully saturated rings.